The number of nitrogens with two attached hydrogens (primary N) is 1. The fraction of sp³-hybridized carbons (Fsp3) is 0.0476. The fourth-order valence-electron chi connectivity index (χ4n) is 6.36. The first kappa shape index (κ1) is 42.3. The Labute approximate surface area is 381 Å². The van der Waals surface area contributed by atoms with E-state index in [4.69, 9.17) is 91.9 Å². The van der Waals surface area contributed by atoms with Gasteiger partial charge >= 0.3 is 0 Å². The largest absolute Gasteiger partial charge is 0.364 e. The predicted octanol–water partition coefficient (Wildman–Crippen LogP) is 12.5. The molecule has 0 fully saturated rings. The van der Waals surface area contributed by atoms with Gasteiger partial charge in [0, 0.05) is 45.0 Å². The average molecular weight is 948 g/mol. The van der Waals surface area contributed by atoms with Gasteiger partial charge in [0.15, 0.2) is 22.3 Å². The predicted molar refractivity (Wildman–Crippen MR) is 248 cm³/mol. The van der Waals surface area contributed by atoms with Gasteiger partial charge in [0.25, 0.3) is 0 Å². The molecule has 10 rings (SSSR count). The van der Waals surface area contributed by atoms with Crippen molar-refractivity contribution < 1.29 is 0 Å². The molecule has 304 valence electrons. The van der Waals surface area contributed by atoms with Crippen molar-refractivity contribution in [1.82, 2.24) is 49.8 Å². The van der Waals surface area contributed by atoms with Crippen molar-refractivity contribution in [2.75, 3.05) is 5.32 Å². The molecule has 0 amide bonds. The Kier molecular flexibility index (Phi) is 13.0. The molecule has 0 aliphatic heterocycles. The lowest BCUT2D eigenvalue weighted by Crippen LogP contribution is -2.06. The number of nitrogens with one attached hydrogen (secondary N) is 3. The van der Waals surface area contributed by atoms with Crippen molar-refractivity contribution in [2.45, 2.75) is 13.1 Å². The van der Waals surface area contributed by atoms with Crippen molar-refractivity contribution >= 4 is 131 Å². The van der Waals surface area contributed by atoms with E-state index >= 15 is 0 Å². The first-order valence-corrected chi connectivity index (χ1v) is 20.7. The minimum atomic E-state index is 0.106. The highest BCUT2D eigenvalue weighted by Crippen LogP contribution is 2.35. The van der Waals surface area contributed by atoms with Gasteiger partial charge in [0.2, 0.25) is 10.6 Å². The first-order chi connectivity index (χ1) is 29.6. The van der Waals surface area contributed by atoms with E-state index in [0.717, 1.165) is 55.4 Å². The van der Waals surface area contributed by atoms with Crippen LogP contribution >= 0.6 is 81.2 Å². The zero-order valence-corrected chi connectivity index (χ0v) is 36.4. The number of nitrogens with zero attached hydrogens (tertiary/aromatic N) is 8. The maximum absolute atomic E-state index is 6.48. The standard InChI is InChI=1S/C21H13Cl3N6.C16H12Cl2N2.C5H2Cl2N4/c22-14-6-2-1-5-13(14)16-12(8-11-4-3-7-15(23)17(11)28-16)9-25-19-18-20(27-10-26-18)30-21(24)29-19;17-13-6-2-1-5-12(13)15-11(9-19)8-10-4-3-7-14(18)16(10)20-15;6-3-2-4(9-1-8-2)11-5(7)10-3/h1-8,10H,9H2,(H2,25,26,27,29,30);1-8H,9,19H2;1H,(H,8,9,10,11). The number of rotatable bonds is 6. The van der Waals surface area contributed by atoms with Crippen LogP contribution in [0.15, 0.2) is 110 Å². The molecule has 0 aliphatic rings. The van der Waals surface area contributed by atoms with E-state index in [1.165, 1.54) is 6.33 Å². The third-order valence-corrected chi connectivity index (χ3v) is 11.0. The van der Waals surface area contributed by atoms with Crippen LogP contribution < -0.4 is 11.1 Å². The molecule has 12 nitrogen and oxygen atoms in total. The van der Waals surface area contributed by atoms with Crippen LogP contribution in [0.3, 0.4) is 0 Å². The van der Waals surface area contributed by atoms with Gasteiger partial charge in [-0.15, -0.1) is 0 Å². The molecule has 6 aromatic heterocycles. The van der Waals surface area contributed by atoms with Gasteiger partial charge in [0.1, 0.15) is 11.0 Å². The highest BCUT2D eigenvalue weighted by atomic mass is 35.5. The highest BCUT2D eigenvalue weighted by molar-refractivity contribution is 6.36. The summed E-state index contributed by atoms with van der Waals surface area (Å²) >= 11 is 42.6. The number of imidazole rings is 2. The molecule has 0 saturated heterocycles. The molecule has 0 bridgehead atoms. The number of H-pyrrole nitrogens is 2. The monoisotopic (exact) mass is 944 g/mol. The molecule has 0 saturated carbocycles. The van der Waals surface area contributed by atoms with Crippen LogP contribution in [-0.2, 0) is 13.1 Å². The Morgan fingerprint density at radius 2 is 1.00 bits per heavy atom. The topological polar surface area (TPSA) is 173 Å². The van der Waals surface area contributed by atoms with Crippen LogP contribution in [0.4, 0.5) is 5.82 Å². The molecule has 0 atom stereocenters. The van der Waals surface area contributed by atoms with Crippen molar-refractivity contribution in [3.63, 3.8) is 0 Å². The lowest BCUT2D eigenvalue weighted by Gasteiger charge is -2.14. The molecule has 61 heavy (non-hydrogen) atoms. The maximum atomic E-state index is 6.48. The molecule has 0 aliphatic carbocycles. The van der Waals surface area contributed by atoms with Crippen molar-refractivity contribution in [3.8, 4) is 22.5 Å². The summed E-state index contributed by atoms with van der Waals surface area (Å²) < 4.78 is 0. The van der Waals surface area contributed by atoms with E-state index in [2.05, 4.69) is 50.2 Å². The Balaban J connectivity index is 0.000000142. The molecule has 10 aromatic rings. The Bertz CT molecular complexity index is 3210. The van der Waals surface area contributed by atoms with Gasteiger partial charge in [-0.2, -0.15) is 15.0 Å². The zero-order chi connectivity index (χ0) is 42.6. The average Bonchev–Trinajstić information content (AvgIpc) is 3.94. The van der Waals surface area contributed by atoms with E-state index in [9.17, 15) is 0 Å². The van der Waals surface area contributed by atoms with Crippen LogP contribution in [0, 0.1) is 0 Å². The number of para-hydroxylation sites is 2. The second kappa shape index (κ2) is 18.7. The van der Waals surface area contributed by atoms with Gasteiger partial charge in [0.05, 0.1) is 45.1 Å². The fourth-order valence-corrected chi connectivity index (χ4v) is 7.85. The van der Waals surface area contributed by atoms with Gasteiger partial charge in [-0.05, 0) is 70.7 Å². The third kappa shape index (κ3) is 9.27. The van der Waals surface area contributed by atoms with E-state index < -0.39 is 0 Å². The number of hydrogen-bond donors (Lipinski definition) is 4. The summed E-state index contributed by atoms with van der Waals surface area (Å²) in [7, 11) is 0. The summed E-state index contributed by atoms with van der Waals surface area (Å²) in [6.45, 7) is 0.827. The minimum Gasteiger partial charge on any atom is -0.364 e. The molecular formula is C42H27Cl7N12. The van der Waals surface area contributed by atoms with E-state index in [0.29, 0.717) is 61.3 Å². The van der Waals surface area contributed by atoms with Crippen molar-refractivity contribution in [1.29, 1.82) is 0 Å². The summed E-state index contributed by atoms with van der Waals surface area (Å²) in [6.07, 6.45) is 3.04. The minimum absolute atomic E-state index is 0.106. The zero-order valence-electron chi connectivity index (χ0n) is 31.1. The summed E-state index contributed by atoms with van der Waals surface area (Å²) in [5.41, 5.74) is 14.7. The van der Waals surface area contributed by atoms with Crippen LogP contribution in [-0.4, -0.2) is 49.8 Å². The second-order valence-corrected chi connectivity index (χ2v) is 15.6. The Morgan fingerprint density at radius 1 is 0.508 bits per heavy atom. The maximum Gasteiger partial charge on any atom is 0.226 e. The molecule has 6 heterocycles. The number of fused-ring (bicyclic) bond motifs is 4. The van der Waals surface area contributed by atoms with Gasteiger partial charge in [-0.25, -0.2) is 24.9 Å². The summed E-state index contributed by atoms with van der Waals surface area (Å²) in [6, 6.07) is 30.7. The van der Waals surface area contributed by atoms with E-state index in [1.54, 1.807) is 6.33 Å². The summed E-state index contributed by atoms with van der Waals surface area (Å²) in [5, 5.41) is 8.22. The lowest BCUT2D eigenvalue weighted by molar-refractivity contribution is 1.06. The van der Waals surface area contributed by atoms with E-state index in [-0.39, 0.29) is 15.7 Å². The van der Waals surface area contributed by atoms with Gasteiger partial charge < -0.3 is 21.0 Å². The summed E-state index contributed by atoms with van der Waals surface area (Å²) in [5.74, 6) is 0.554. The SMILES string of the molecule is Clc1nc(Cl)c2[nH]cnc2n1.Clc1nc(NCc2cc3cccc(Cl)c3nc2-c2ccccc2Cl)c2[nH]cnc2n1.NCc1cc2cccc(Cl)c2nc1-c1ccccc1Cl. The van der Waals surface area contributed by atoms with Crippen molar-refractivity contribution in [3.05, 3.63) is 157 Å². The van der Waals surface area contributed by atoms with Crippen LogP contribution in [0.2, 0.25) is 35.8 Å². The quantitative estimate of drug-likeness (QED) is 0.0928. The van der Waals surface area contributed by atoms with E-state index in [1.807, 2.05) is 97.1 Å². The molecule has 5 N–H and O–H groups in total. The van der Waals surface area contributed by atoms with Crippen LogP contribution in [0.5, 0.6) is 0 Å². The molecule has 0 unspecified atom stereocenters. The number of hydrogen-bond acceptors (Lipinski definition) is 10. The molecule has 4 aromatic carbocycles. The molecule has 0 spiro atoms. The molecule has 0 radical (unpaired) electrons. The van der Waals surface area contributed by atoms with Crippen LogP contribution in [0.25, 0.3) is 66.6 Å². The van der Waals surface area contributed by atoms with Gasteiger partial charge in [-0.3, -0.25) is 0 Å². The number of anilines is 1. The third-order valence-electron chi connectivity index (χ3n) is 9.15. The number of benzene rings is 4. The van der Waals surface area contributed by atoms with Crippen molar-refractivity contribution in [2.24, 2.45) is 5.73 Å². The first-order valence-electron chi connectivity index (χ1n) is 18.1. The number of aromatic amines is 2. The second-order valence-electron chi connectivity index (χ2n) is 13.0. The summed E-state index contributed by atoms with van der Waals surface area (Å²) in [4.78, 5) is 39.3. The molecule has 19 heteroatoms. The van der Waals surface area contributed by atoms with Gasteiger partial charge in [-0.1, -0.05) is 119 Å². The van der Waals surface area contributed by atoms with Crippen LogP contribution in [0.1, 0.15) is 11.1 Å². The molecular weight excluding hydrogens is 921 g/mol. The number of aromatic nitrogens is 10. The number of pyridine rings is 2. The smallest absolute Gasteiger partial charge is 0.226 e. The normalized spacial score (nSPS) is 11.1. The highest BCUT2D eigenvalue weighted by Gasteiger charge is 2.16. The Morgan fingerprint density at radius 3 is 1.57 bits per heavy atom. The Hall–Kier alpha value is -5.41. The number of halogens is 7. The lowest BCUT2D eigenvalue weighted by atomic mass is 10.0.